The molecule has 0 spiro atoms. The van der Waals surface area contributed by atoms with E-state index in [9.17, 15) is 0 Å². The number of allylic oxidation sites excluding steroid dienone is 2. The topological polar surface area (TPSA) is 92.6 Å². The van der Waals surface area contributed by atoms with E-state index in [0.717, 1.165) is 0 Å². The van der Waals surface area contributed by atoms with E-state index in [-0.39, 0.29) is 11.3 Å². The lowest BCUT2D eigenvalue weighted by molar-refractivity contribution is 0.412. The van der Waals surface area contributed by atoms with Gasteiger partial charge in [-0.15, -0.1) is 0 Å². The lowest BCUT2D eigenvalue weighted by Crippen LogP contribution is -2.02. The molecule has 0 heterocycles. The van der Waals surface area contributed by atoms with Crippen molar-refractivity contribution in [2.75, 3.05) is 12.4 Å². The molecule has 0 aromatic heterocycles. The molecule has 1 N–H and O–H groups in total. The number of hydrogen-bond acceptors (Lipinski definition) is 5. The highest BCUT2D eigenvalue weighted by Gasteiger charge is 2.14. The fraction of sp³-hybridized carbons (Fsp3) is 0.0833. The van der Waals surface area contributed by atoms with E-state index in [0.29, 0.717) is 20.9 Å². The van der Waals surface area contributed by atoms with Gasteiger partial charge >= 0.3 is 0 Å². The van der Waals surface area contributed by atoms with Crippen molar-refractivity contribution in [3.05, 3.63) is 32.9 Å². The molecule has 94 valence electrons. The summed E-state index contributed by atoms with van der Waals surface area (Å²) in [7, 11) is 1.48. The lowest BCUT2D eigenvalue weighted by Gasteiger charge is -2.12. The number of nitriles is 3. The largest absolute Gasteiger partial charge is 0.495 e. The fourth-order valence-electron chi connectivity index (χ4n) is 1.21. The quantitative estimate of drug-likeness (QED) is 0.854. The van der Waals surface area contributed by atoms with Crippen LogP contribution >= 0.6 is 27.5 Å². The predicted molar refractivity (Wildman–Crippen MR) is 73.2 cm³/mol. The van der Waals surface area contributed by atoms with E-state index in [1.807, 2.05) is 0 Å². The zero-order valence-electron chi connectivity index (χ0n) is 9.66. The van der Waals surface area contributed by atoms with Crippen LogP contribution in [0.15, 0.2) is 27.9 Å². The second-order valence-electron chi connectivity index (χ2n) is 3.15. The number of anilines is 1. The Balaban J connectivity index is 3.36. The highest BCUT2D eigenvalue weighted by Crippen LogP contribution is 2.38. The minimum Gasteiger partial charge on any atom is -0.495 e. The van der Waals surface area contributed by atoms with Crippen LogP contribution in [0.1, 0.15) is 0 Å². The monoisotopic (exact) mass is 336 g/mol. The summed E-state index contributed by atoms with van der Waals surface area (Å²) in [5, 5.41) is 29.4. The Morgan fingerprint density at radius 1 is 1.26 bits per heavy atom. The molecule has 0 aliphatic carbocycles. The zero-order chi connectivity index (χ0) is 14.4. The van der Waals surface area contributed by atoms with Crippen molar-refractivity contribution in [2.24, 2.45) is 0 Å². The second-order valence-corrected chi connectivity index (χ2v) is 4.35. The summed E-state index contributed by atoms with van der Waals surface area (Å²) < 4.78 is 5.59. The highest BCUT2D eigenvalue weighted by molar-refractivity contribution is 9.10. The second kappa shape index (κ2) is 6.66. The molecule has 0 amide bonds. The van der Waals surface area contributed by atoms with E-state index >= 15 is 0 Å². The smallest absolute Gasteiger partial charge is 0.163 e. The maximum atomic E-state index is 8.97. The lowest BCUT2D eigenvalue weighted by atomic mass is 10.2. The van der Waals surface area contributed by atoms with Crippen LogP contribution in [0.3, 0.4) is 0 Å². The number of methoxy groups -OCH3 is 1. The van der Waals surface area contributed by atoms with Gasteiger partial charge in [-0.3, -0.25) is 0 Å². The molecule has 7 heteroatoms. The zero-order valence-corrected chi connectivity index (χ0v) is 12.0. The third-order valence-corrected chi connectivity index (χ3v) is 3.21. The van der Waals surface area contributed by atoms with Crippen molar-refractivity contribution >= 4 is 33.2 Å². The van der Waals surface area contributed by atoms with Crippen LogP contribution in [0, 0.1) is 34.0 Å². The van der Waals surface area contributed by atoms with Crippen LogP contribution < -0.4 is 10.1 Å². The third-order valence-electron chi connectivity index (χ3n) is 2.11. The van der Waals surface area contributed by atoms with Crippen LogP contribution in [0.2, 0.25) is 5.02 Å². The van der Waals surface area contributed by atoms with Crippen LogP contribution in [0.5, 0.6) is 5.75 Å². The van der Waals surface area contributed by atoms with Crippen LogP contribution in [0.4, 0.5) is 5.69 Å². The average molecular weight is 338 g/mol. The molecular formula is C12H6BrClN4O. The van der Waals surface area contributed by atoms with E-state index in [1.165, 1.54) is 7.11 Å². The van der Waals surface area contributed by atoms with E-state index in [2.05, 4.69) is 21.2 Å². The Morgan fingerprint density at radius 3 is 2.37 bits per heavy atom. The first-order chi connectivity index (χ1) is 9.08. The van der Waals surface area contributed by atoms with Gasteiger partial charge < -0.3 is 10.1 Å². The van der Waals surface area contributed by atoms with Gasteiger partial charge in [-0.05, 0) is 28.1 Å². The van der Waals surface area contributed by atoms with Gasteiger partial charge in [0.2, 0.25) is 0 Å². The van der Waals surface area contributed by atoms with Gasteiger partial charge in [0.25, 0.3) is 0 Å². The first-order valence-corrected chi connectivity index (χ1v) is 5.99. The first kappa shape index (κ1) is 14.9. The van der Waals surface area contributed by atoms with Crippen molar-refractivity contribution in [2.45, 2.75) is 0 Å². The van der Waals surface area contributed by atoms with Gasteiger partial charge in [0.15, 0.2) is 5.57 Å². The number of nitrogens with one attached hydrogen (secondary N) is 1. The molecule has 0 fully saturated rings. The molecule has 1 aromatic rings. The van der Waals surface area contributed by atoms with Gasteiger partial charge in [0.1, 0.15) is 29.7 Å². The summed E-state index contributed by atoms with van der Waals surface area (Å²) in [5.74, 6) is 0.500. The molecule has 1 aromatic carbocycles. The number of hydrogen-bond donors (Lipinski definition) is 1. The average Bonchev–Trinajstić information content (AvgIpc) is 2.42. The van der Waals surface area contributed by atoms with E-state index in [1.54, 1.807) is 30.3 Å². The van der Waals surface area contributed by atoms with E-state index in [4.69, 9.17) is 32.1 Å². The Labute approximate surface area is 123 Å². The van der Waals surface area contributed by atoms with Crippen LogP contribution in [-0.2, 0) is 0 Å². The molecule has 0 unspecified atom stereocenters. The SMILES string of the molecule is COc1ccc(Cl)c(NC(C#N)=C(C#N)C#N)c1Br. The van der Waals surface area contributed by atoms with E-state index < -0.39 is 0 Å². The number of halogens is 2. The van der Waals surface area contributed by atoms with Gasteiger partial charge in [0.05, 0.1) is 22.3 Å². The number of rotatable bonds is 3. The van der Waals surface area contributed by atoms with Gasteiger partial charge in [0, 0.05) is 0 Å². The summed E-state index contributed by atoms with van der Waals surface area (Å²) in [4.78, 5) is 0. The Bertz CT molecular complexity index is 648. The molecule has 0 radical (unpaired) electrons. The van der Waals surface area contributed by atoms with Crippen LogP contribution in [0.25, 0.3) is 0 Å². The van der Waals surface area contributed by atoms with Crippen molar-refractivity contribution in [3.63, 3.8) is 0 Å². The number of nitrogens with zero attached hydrogens (tertiary/aromatic N) is 3. The molecule has 19 heavy (non-hydrogen) atoms. The van der Waals surface area contributed by atoms with Gasteiger partial charge in [-0.2, -0.15) is 15.8 Å². The van der Waals surface area contributed by atoms with Gasteiger partial charge in [-0.1, -0.05) is 11.6 Å². The Kier molecular flexibility index (Phi) is 5.21. The van der Waals surface area contributed by atoms with Crippen molar-refractivity contribution in [3.8, 4) is 24.0 Å². The molecule has 0 aliphatic rings. The minimum absolute atomic E-state index is 0.180. The summed E-state index contributed by atoms with van der Waals surface area (Å²) in [5.41, 5.74) is -0.158. The molecule has 0 saturated carbocycles. The standard InChI is InChI=1S/C12H6BrClN4O/c1-19-10-3-2-8(14)12(11(10)13)18-9(6-17)7(4-15)5-16/h2-3,18H,1H3. The molecule has 0 bridgehead atoms. The van der Waals surface area contributed by atoms with Crippen molar-refractivity contribution in [1.82, 2.24) is 0 Å². The predicted octanol–water partition coefficient (Wildman–Crippen LogP) is 3.35. The molecule has 0 aliphatic heterocycles. The molecule has 0 atom stereocenters. The molecule has 1 rings (SSSR count). The number of ether oxygens (including phenoxy) is 1. The summed E-state index contributed by atoms with van der Waals surface area (Å²) in [6, 6.07) is 8.23. The Morgan fingerprint density at radius 2 is 1.89 bits per heavy atom. The molecule has 0 saturated heterocycles. The minimum atomic E-state index is -0.326. The normalized spacial score (nSPS) is 8.63. The maximum absolute atomic E-state index is 8.97. The van der Waals surface area contributed by atoms with Crippen molar-refractivity contribution < 1.29 is 4.74 Å². The maximum Gasteiger partial charge on any atom is 0.163 e. The third kappa shape index (κ3) is 3.17. The van der Waals surface area contributed by atoms with Gasteiger partial charge in [-0.25, -0.2) is 0 Å². The molecular weight excluding hydrogens is 332 g/mol. The van der Waals surface area contributed by atoms with Crippen molar-refractivity contribution in [1.29, 1.82) is 15.8 Å². The fourth-order valence-corrected chi connectivity index (χ4v) is 2.14. The molecule has 5 nitrogen and oxygen atoms in total. The highest BCUT2D eigenvalue weighted by atomic mass is 79.9. The summed E-state index contributed by atoms with van der Waals surface area (Å²) >= 11 is 9.28. The summed E-state index contributed by atoms with van der Waals surface area (Å²) in [6.45, 7) is 0. The summed E-state index contributed by atoms with van der Waals surface area (Å²) in [6.07, 6.45) is 0. The first-order valence-electron chi connectivity index (χ1n) is 4.82. The Hall–Kier alpha value is -2.20. The van der Waals surface area contributed by atoms with Crippen LogP contribution in [-0.4, -0.2) is 7.11 Å². The number of benzene rings is 1.